The van der Waals surface area contributed by atoms with Gasteiger partial charge in [0.05, 0.1) is 13.2 Å². The maximum Gasteiger partial charge on any atom is 0.184 e. The summed E-state index contributed by atoms with van der Waals surface area (Å²) in [6.45, 7) is 1.41. The molecule has 0 N–H and O–H groups in total. The van der Waals surface area contributed by atoms with E-state index in [0.29, 0.717) is 18.8 Å². The van der Waals surface area contributed by atoms with Gasteiger partial charge in [-0.25, -0.2) is 0 Å². The van der Waals surface area contributed by atoms with E-state index in [1.54, 1.807) is 6.08 Å². The molecule has 0 aromatic carbocycles. The van der Waals surface area contributed by atoms with Gasteiger partial charge < -0.3 is 14.6 Å². The van der Waals surface area contributed by atoms with E-state index in [-0.39, 0.29) is 6.29 Å². The third-order valence-electron chi connectivity index (χ3n) is 2.09. The van der Waals surface area contributed by atoms with Crippen molar-refractivity contribution < 1.29 is 14.6 Å². The Morgan fingerprint density at radius 2 is 2.15 bits per heavy atom. The lowest BCUT2D eigenvalue weighted by Crippen LogP contribution is -2.27. The minimum Gasteiger partial charge on any atom is -0.877 e. The normalized spacial score (nSPS) is 26.8. The lowest BCUT2D eigenvalue weighted by molar-refractivity contribution is -0.276. The van der Waals surface area contributed by atoms with Crippen LogP contribution in [0.1, 0.15) is 6.42 Å². The molecule has 13 heavy (non-hydrogen) atoms. The molecule has 0 spiro atoms. The maximum absolute atomic E-state index is 10.6. The van der Waals surface area contributed by atoms with Gasteiger partial charge in [-0.3, -0.25) is 0 Å². The van der Waals surface area contributed by atoms with Crippen LogP contribution in [-0.4, -0.2) is 19.5 Å². The van der Waals surface area contributed by atoms with Crippen LogP contribution in [0.25, 0.3) is 0 Å². The van der Waals surface area contributed by atoms with Gasteiger partial charge in [0.2, 0.25) is 0 Å². The fourth-order valence-corrected chi connectivity index (χ4v) is 1.44. The highest BCUT2D eigenvalue weighted by Gasteiger charge is 2.21. The largest absolute Gasteiger partial charge is 0.877 e. The van der Waals surface area contributed by atoms with Gasteiger partial charge in [-0.1, -0.05) is 18.2 Å². The molecule has 1 saturated heterocycles. The lowest BCUT2D eigenvalue weighted by Gasteiger charge is -2.25. The van der Waals surface area contributed by atoms with E-state index in [1.165, 1.54) is 0 Å². The SMILES string of the molecule is [O-]/C=C1/C=CC=C1C1OCCCO1. The summed E-state index contributed by atoms with van der Waals surface area (Å²) in [4.78, 5) is 0. The Kier molecular flexibility index (Phi) is 2.47. The van der Waals surface area contributed by atoms with E-state index in [0.717, 1.165) is 18.3 Å². The van der Waals surface area contributed by atoms with E-state index in [4.69, 9.17) is 9.47 Å². The second-order valence-electron chi connectivity index (χ2n) is 2.98. The standard InChI is InChI=1S/C10H12O3/c11-7-8-3-1-4-9(8)10-12-5-2-6-13-10/h1,3-4,7,10-11H,2,5-6H2/p-1/b8-7-. The molecule has 3 heteroatoms. The predicted molar refractivity (Wildman–Crippen MR) is 45.6 cm³/mol. The fourth-order valence-electron chi connectivity index (χ4n) is 1.44. The average molecular weight is 179 g/mol. The minimum atomic E-state index is -0.344. The highest BCUT2D eigenvalue weighted by molar-refractivity contribution is 5.48. The molecule has 1 aliphatic heterocycles. The van der Waals surface area contributed by atoms with Crippen LogP contribution in [0.15, 0.2) is 35.6 Å². The van der Waals surface area contributed by atoms with Gasteiger partial charge in [0, 0.05) is 5.57 Å². The van der Waals surface area contributed by atoms with E-state index in [9.17, 15) is 5.11 Å². The topological polar surface area (TPSA) is 41.5 Å². The van der Waals surface area contributed by atoms with E-state index < -0.39 is 0 Å². The quantitative estimate of drug-likeness (QED) is 0.550. The fraction of sp³-hybridized carbons (Fsp3) is 0.400. The van der Waals surface area contributed by atoms with Crippen LogP contribution < -0.4 is 5.11 Å². The van der Waals surface area contributed by atoms with Crippen molar-refractivity contribution in [3.8, 4) is 0 Å². The summed E-state index contributed by atoms with van der Waals surface area (Å²) in [6.07, 6.45) is 6.87. The predicted octanol–water partition coefficient (Wildman–Crippen LogP) is 0.490. The number of allylic oxidation sites excluding steroid dienone is 3. The van der Waals surface area contributed by atoms with E-state index in [1.807, 2.05) is 12.2 Å². The van der Waals surface area contributed by atoms with Gasteiger partial charge in [-0.05, 0) is 12.0 Å². The molecule has 0 atom stereocenters. The van der Waals surface area contributed by atoms with Gasteiger partial charge >= 0.3 is 0 Å². The first-order chi connectivity index (χ1) is 6.42. The van der Waals surface area contributed by atoms with Crippen LogP contribution in [0.5, 0.6) is 0 Å². The minimum absolute atomic E-state index is 0.344. The molecule has 0 aromatic rings. The molecule has 0 amide bonds. The summed E-state index contributed by atoms with van der Waals surface area (Å²) < 4.78 is 10.8. The molecule has 0 unspecified atom stereocenters. The smallest absolute Gasteiger partial charge is 0.184 e. The van der Waals surface area contributed by atoms with Crippen molar-refractivity contribution in [3.05, 3.63) is 35.6 Å². The van der Waals surface area contributed by atoms with Gasteiger partial charge in [0.1, 0.15) is 0 Å². The third kappa shape index (κ3) is 1.66. The first-order valence-electron chi connectivity index (χ1n) is 4.36. The molecule has 0 aromatic heterocycles. The van der Waals surface area contributed by atoms with E-state index in [2.05, 4.69) is 0 Å². The summed E-state index contributed by atoms with van der Waals surface area (Å²) in [7, 11) is 0. The molecule has 2 aliphatic rings. The van der Waals surface area contributed by atoms with E-state index >= 15 is 0 Å². The Hall–Kier alpha value is -1.06. The second kappa shape index (κ2) is 3.77. The molecular formula is C10H11O3-. The van der Waals surface area contributed by atoms with Crippen LogP contribution in [0, 0.1) is 0 Å². The molecule has 3 nitrogen and oxygen atoms in total. The zero-order valence-corrected chi connectivity index (χ0v) is 7.23. The Labute approximate surface area is 77.0 Å². The molecule has 1 aliphatic carbocycles. The summed E-state index contributed by atoms with van der Waals surface area (Å²) in [5.74, 6) is 0. The Morgan fingerprint density at radius 3 is 2.85 bits per heavy atom. The summed E-state index contributed by atoms with van der Waals surface area (Å²) in [6, 6.07) is 0. The van der Waals surface area contributed by atoms with Crippen LogP contribution in [0.4, 0.5) is 0 Å². The molecular weight excluding hydrogens is 168 g/mol. The summed E-state index contributed by atoms with van der Waals surface area (Å²) in [5, 5.41) is 10.6. The molecule has 0 saturated carbocycles. The number of ether oxygens (including phenoxy) is 2. The van der Waals surface area contributed by atoms with Crippen molar-refractivity contribution in [3.63, 3.8) is 0 Å². The number of hydrogen-bond donors (Lipinski definition) is 0. The molecule has 0 bridgehead atoms. The zero-order valence-electron chi connectivity index (χ0n) is 7.23. The average Bonchev–Trinajstić information content (AvgIpc) is 2.67. The molecule has 1 fully saturated rings. The first-order valence-corrected chi connectivity index (χ1v) is 4.36. The monoisotopic (exact) mass is 179 g/mol. The Bertz CT molecular complexity index is 270. The van der Waals surface area contributed by atoms with Crippen molar-refractivity contribution >= 4 is 0 Å². The van der Waals surface area contributed by atoms with Crippen LogP contribution in [0.2, 0.25) is 0 Å². The van der Waals surface area contributed by atoms with Crippen LogP contribution >= 0.6 is 0 Å². The molecule has 2 rings (SSSR count). The van der Waals surface area contributed by atoms with Gasteiger partial charge in [-0.2, -0.15) is 0 Å². The Morgan fingerprint density at radius 1 is 1.38 bits per heavy atom. The highest BCUT2D eigenvalue weighted by atomic mass is 16.7. The lowest BCUT2D eigenvalue weighted by atomic mass is 10.1. The van der Waals surface area contributed by atoms with Crippen molar-refractivity contribution in [1.29, 1.82) is 0 Å². The Balaban J connectivity index is 2.08. The van der Waals surface area contributed by atoms with Crippen LogP contribution in [0.3, 0.4) is 0 Å². The van der Waals surface area contributed by atoms with Gasteiger partial charge in [-0.15, -0.1) is 6.26 Å². The number of rotatable bonds is 1. The summed E-state index contributed by atoms with van der Waals surface area (Å²) in [5.41, 5.74) is 1.50. The number of hydrogen-bond acceptors (Lipinski definition) is 3. The summed E-state index contributed by atoms with van der Waals surface area (Å²) >= 11 is 0. The maximum atomic E-state index is 10.6. The van der Waals surface area contributed by atoms with Crippen molar-refractivity contribution in [1.82, 2.24) is 0 Å². The second-order valence-corrected chi connectivity index (χ2v) is 2.98. The van der Waals surface area contributed by atoms with Crippen molar-refractivity contribution in [2.75, 3.05) is 13.2 Å². The highest BCUT2D eigenvalue weighted by Crippen LogP contribution is 2.25. The zero-order chi connectivity index (χ0) is 9.10. The van der Waals surface area contributed by atoms with Crippen molar-refractivity contribution in [2.24, 2.45) is 0 Å². The third-order valence-corrected chi connectivity index (χ3v) is 2.09. The van der Waals surface area contributed by atoms with Crippen LogP contribution in [-0.2, 0) is 9.47 Å². The van der Waals surface area contributed by atoms with Gasteiger partial charge in [0.15, 0.2) is 6.29 Å². The van der Waals surface area contributed by atoms with Crippen molar-refractivity contribution in [2.45, 2.75) is 12.7 Å². The van der Waals surface area contributed by atoms with Gasteiger partial charge in [0.25, 0.3) is 0 Å². The molecule has 0 radical (unpaired) electrons. The molecule has 70 valence electrons. The first kappa shape index (κ1) is 8.53. The molecule has 1 heterocycles.